The van der Waals surface area contributed by atoms with E-state index in [-0.39, 0.29) is 53.7 Å². The van der Waals surface area contributed by atoms with E-state index in [1.165, 1.54) is 11.8 Å². The number of rotatable bonds is 9. The van der Waals surface area contributed by atoms with Gasteiger partial charge in [0, 0.05) is 68.5 Å². The number of methoxy groups -OCH3 is 1. The molecule has 0 aliphatic carbocycles. The molecule has 246 valence electrons. The molecule has 1 amide bonds. The van der Waals surface area contributed by atoms with E-state index in [4.69, 9.17) is 9.47 Å². The molecule has 0 radical (unpaired) electrons. The number of carboxylic acid groups (broad SMARTS) is 1. The number of para-hydroxylation sites is 1. The molecule has 49 heavy (non-hydrogen) atoms. The van der Waals surface area contributed by atoms with Crippen LogP contribution in [0.4, 0.5) is 0 Å². The number of benzene rings is 4. The fourth-order valence-corrected chi connectivity index (χ4v) is 6.94. The average Bonchev–Trinajstić information content (AvgIpc) is 3.51. The molecule has 1 fully saturated rings. The molecule has 7 rings (SSSR count). The number of carbonyl (C=O) groups is 2. The summed E-state index contributed by atoms with van der Waals surface area (Å²) >= 11 is 0. The van der Waals surface area contributed by atoms with Crippen LogP contribution in [0.25, 0.3) is 16.6 Å². The van der Waals surface area contributed by atoms with E-state index in [9.17, 15) is 9.90 Å². The van der Waals surface area contributed by atoms with Gasteiger partial charge in [-0.1, -0.05) is 72.8 Å². The molecular weight excluding hydrogens is 627 g/mol. The van der Waals surface area contributed by atoms with Crippen molar-refractivity contribution in [3.05, 3.63) is 125 Å². The number of likely N-dealkylation sites (N-methyl/N-ethyl adjacent to an activating group) is 1. The van der Waals surface area contributed by atoms with Gasteiger partial charge in [-0.2, -0.15) is 0 Å². The second-order valence-electron chi connectivity index (χ2n) is 12.7. The van der Waals surface area contributed by atoms with E-state index in [1.54, 1.807) is 35.9 Å². The van der Waals surface area contributed by atoms with Gasteiger partial charge in [-0.3, -0.25) is 9.69 Å². The van der Waals surface area contributed by atoms with Gasteiger partial charge in [0.2, 0.25) is 0 Å². The van der Waals surface area contributed by atoms with Gasteiger partial charge in [-0.25, -0.2) is 0 Å². The quantitative estimate of drug-likeness (QED) is 0.220. The van der Waals surface area contributed by atoms with Crippen LogP contribution in [-0.4, -0.2) is 84.1 Å². The molecule has 1 aromatic heterocycles. The Balaban J connectivity index is 0.00000417. The first-order valence-corrected chi connectivity index (χ1v) is 16.4. The van der Waals surface area contributed by atoms with Crippen LogP contribution in [0.2, 0.25) is 0 Å². The number of fused-ring (bicyclic) bond motifs is 2. The van der Waals surface area contributed by atoms with Crippen molar-refractivity contribution in [3.8, 4) is 17.2 Å². The predicted molar refractivity (Wildman–Crippen MR) is 183 cm³/mol. The molecule has 1 atom stereocenters. The summed E-state index contributed by atoms with van der Waals surface area (Å²) in [6, 6.07) is 28.9. The van der Waals surface area contributed by atoms with Crippen LogP contribution in [0.3, 0.4) is 0 Å². The molecule has 2 aliphatic rings. The average molecular weight is 667 g/mol. The summed E-state index contributed by atoms with van der Waals surface area (Å²) in [7, 11) is 3.70. The van der Waals surface area contributed by atoms with Gasteiger partial charge >= 0.3 is 29.6 Å². The smallest absolute Gasteiger partial charge is 0.545 e. The van der Waals surface area contributed by atoms with Crippen LogP contribution in [0, 0.1) is 0 Å². The SMILES string of the molecule is COc1cc(-n2cc(C(=O)[O-])c3ccccc32)c(C(=O)N2Cc3ccccc3C[C@H]2CN2CCN(C)CC2)cc1OCc1ccccc1.[Na+]. The zero-order valence-corrected chi connectivity index (χ0v) is 30.3. The molecule has 1 saturated heterocycles. The topological polar surface area (TPSA) is 90.3 Å². The van der Waals surface area contributed by atoms with Gasteiger partial charge in [0.25, 0.3) is 5.91 Å². The van der Waals surface area contributed by atoms with Crippen LogP contribution in [-0.2, 0) is 19.6 Å². The number of aromatic carboxylic acids is 1. The molecule has 0 N–H and O–H groups in total. The van der Waals surface area contributed by atoms with Crippen molar-refractivity contribution in [1.29, 1.82) is 0 Å². The monoisotopic (exact) mass is 666 g/mol. The van der Waals surface area contributed by atoms with Crippen LogP contribution in [0.5, 0.6) is 11.5 Å². The van der Waals surface area contributed by atoms with Gasteiger partial charge in [-0.05, 0) is 42.3 Å². The zero-order valence-electron chi connectivity index (χ0n) is 28.3. The van der Waals surface area contributed by atoms with Crippen LogP contribution >= 0.6 is 0 Å². The van der Waals surface area contributed by atoms with Gasteiger partial charge in [0.15, 0.2) is 11.5 Å². The van der Waals surface area contributed by atoms with Crippen LogP contribution in [0.15, 0.2) is 97.2 Å². The Morgan fingerprint density at radius 3 is 2.27 bits per heavy atom. The molecular formula is C39H39N4NaO5. The Hall–Kier alpha value is -4.12. The van der Waals surface area contributed by atoms with E-state index < -0.39 is 5.97 Å². The Bertz CT molecular complexity index is 1950. The van der Waals surface area contributed by atoms with Crippen molar-refractivity contribution < 1.29 is 53.7 Å². The maximum absolute atomic E-state index is 15.1. The van der Waals surface area contributed by atoms with Crippen molar-refractivity contribution in [1.82, 2.24) is 19.3 Å². The maximum Gasteiger partial charge on any atom is 1.00 e. The standard InChI is InChI=1S/C39H40N4O5.Na/c1-40-16-18-41(19-17-40)24-30-20-28-12-6-7-13-29(28)23-42(30)38(44)32-21-37(48-26-27-10-4-3-5-11-27)36(47-2)22-35(32)43-25-33(39(45)46)31-14-8-9-15-34(31)43;/h3-15,21-22,25,30H,16-20,23-24,26H2,1-2H3,(H,45,46);/q;+1/p-1/t30-;/m0./s1. The zero-order chi connectivity index (χ0) is 33.2. The Labute approximate surface area is 308 Å². The number of hydrogen-bond donors (Lipinski definition) is 0. The molecule has 2 aliphatic heterocycles. The predicted octanol–water partition coefficient (Wildman–Crippen LogP) is 1.40. The molecule has 0 bridgehead atoms. The Morgan fingerprint density at radius 1 is 0.837 bits per heavy atom. The normalized spacial score (nSPS) is 16.5. The fraction of sp³-hybridized carbons (Fsp3) is 0.282. The molecule has 0 saturated carbocycles. The van der Waals surface area contributed by atoms with E-state index in [0.29, 0.717) is 40.2 Å². The second-order valence-corrected chi connectivity index (χ2v) is 12.7. The Kier molecular flexibility index (Phi) is 10.8. The molecule has 10 heteroatoms. The largest absolute Gasteiger partial charge is 1.00 e. The number of nitrogens with zero attached hydrogens (tertiary/aromatic N) is 4. The minimum Gasteiger partial charge on any atom is -0.545 e. The second kappa shape index (κ2) is 15.2. The van der Waals surface area contributed by atoms with Crippen molar-refractivity contribution >= 4 is 22.8 Å². The third-order valence-corrected chi connectivity index (χ3v) is 9.62. The number of amides is 1. The number of aromatic nitrogens is 1. The summed E-state index contributed by atoms with van der Waals surface area (Å²) < 4.78 is 13.9. The first kappa shape index (κ1) is 34.7. The van der Waals surface area contributed by atoms with Gasteiger partial charge < -0.3 is 33.7 Å². The third-order valence-electron chi connectivity index (χ3n) is 9.62. The summed E-state index contributed by atoms with van der Waals surface area (Å²) in [6.07, 6.45) is 2.28. The van der Waals surface area contributed by atoms with Crippen molar-refractivity contribution in [3.63, 3.8) is 0 Å². The number of carbonyl (C=O) groups excluding carboxylic acids is 2. The first-order valence-electron chi connectivity index (χ1n) is 16.4. The molecule has 3 heterocycles. The van der Waals surface area contributed by atoms with Crippen molar-refractivity contribution in [2.45, 2.75) is 25.6 Å². The fourth-order valence-electron chi connectivity index (χ4n) is 6.94. The number of carboxylic acids is 1. The first-order chi connectivity index (χ1) is 23.4. The molecule has 9 nitrogen and oxygen atoms in total. The number of ether oxygens (including phenoxy) is 2. The molecule has 4 aromatic carbocycles. The Morgan fingerprint density at radius 2 is 1.53 bits per heavy atom. The van der Waals surface area contributed by atoms with Gasteiger partial charge in [-0.15, -0.1) is 0 Å². The molecule has 0 spiro atoms. The maximum atomic E-state index is 15.1. The van der Waals surface area contributed by atoms with Gasteiger partial charge in [0.05, 0.1) is 29.8 Å². The van der Waals surface area contributed by atoms with Gasteiger partial charge in [0.1, 0.15) is 6.61 Å². The van der Waals surface area contributed by atoms with E-state index in [1.807, 2.05) is 53.4 Å². The minimum absolute atomic E-state index is 0. The number of piperazine rings is 1. The van der Waals surface area contributed by atoms with Crippen molar-refractivity contribution in [2.75, 3.05) is 46.9 Å². The third kappa shape index (κ3) is 7.27. The summed E-state index contributed by atoms with van der Waals surface area (Å²) in [5, 5.41) is 12.8. The van der Waals surface area contributed by atoms with Crippen LogP contribution < -0.4 is 44.1 Å². The van der Waals surface area contributed by atoms with E-state index in [0.717, 1.165) is 50.3 Å². The van der Waals surface area contributed by atoms with E-state index in [2.05, 4.69) is 35.0 Å². The van der Waals surface area contributed by atoms with Crippen LogP contribution in [0.1, 0.15) is 37.4 Å². The number of hydrogen-bond acceptors (Lipinski definition) is 7. The summed E-state index contributed by atoms with van der Waals surface area (Å²) in [6.45, 7) is 5.39. The van der Waals surface area contributed by atoms with Crippen molar-refractivity contribution in [2.24, 2.45) is 0 Å². The van der Waals surface area contributed by atoms with E-state index >= 15 is 4.79 Å². The summed E-state index contributed by atoms with van der Waals surface area (Å²) in [5.41, 5.74) is 4.96. The minimum atomic E-state index is -1.28. The summed E-state index contributed by atoms with van der Waals surface area (Å²) in [5.74, 6) is -0.576. The molecule has 0 unspecified atom stereocenters. The molecule has 5 aromatic rings. The summed E-state index contributed by atoms with van der Waals surface area (Å²) in [4.78, 5) is 34.1.